The highest BCUT2D eigenvalue weighted by molar-refractivity contribution is 5.71. The van der Waals surface area contributed by atoms with Crippen molar-refractivity contribution in [3.05, 3.63) is 122 Å². The van der Waals surface area contributed by atoms with Gasteiger partial charge < -0.3 is 14.2 Å². The minimum Gasteiger partial charge on any atom is -0.462 e. The SMILES string of the molecule is CC/C=C\C/C=C\C/C=C\C/C=C\C/C=C\C/C=C\CCCCCCCCCCC(=O)OCC(COC(=O)CCCCCCCCCCCCC)OC(=O)CCCC/C=C\C/C=C\C/C=C\C/C=C\CC. The standard InChI is InChI=1S/C65H106O6/c1-4-7-10-13-16-19-22-24-26-27-28-29-30-31-32-33-34-35-36-37-39-40-43-46-49-52-55-58-64(67)70-61-62(60-69-63(66)57-54-51-48-45-42-21-18-15-12-9-6-3)71-65(68)59-56-53-50-47-44-41-38-25-23-20-17-14-11-8-5-2/h7-8,10-11,16-17,19-20,24-26,28-29,31-32,34-35,38,44,47,62H,4-6,9,12-15,18,21-23,27,30,33,36-37,39-43,45-46,48-61H2,1-3H3/b10-7-,11-8-,19-16-,20-17-,26-24-,29-28-,32-31-,35-34-,38-25-,47-44-. The van der Waals surface area contributed by atoms with E-state index in [-0.39, 0.29) is 37.5 Å². The molecule has 0 saturated heterocycles. The van der Waals surface area contributed by atoms with Gasteiger partial charge in [-0.2, -0.15) is 0 Å². The van der Waals surface area contributed by atoms with Crippen molar-refractivity contribution >= 4 is 17.9 Å². The minimum atomic E-state index is -0.804. The molecule has 6 nitrogen and oxygen atoms in total. The van der Waals surface area contributed by atoms with Crippen molar-refractivity contribution in [3.8, 4) is 0 Å². The molecule has 0 amide bonds. The number of hydrogen-bond acceptors (Lipinski definition) is 6. The summed E-state index contributed by atoms with van der Waals surface area (Å²) in [6.07, 6.45) is 80.5. The van der Waals surface area contributed by atoms with Crippen LogP contribution in [0.1, 0.15) is 252 Å². The molecule has 0 saturated carbocycles. The first-order valence-electron chi connectivity index (χ1n) is 29.0. The van der Waals surface area contributed by atoms with Gasteiger partial charge in [0.15, 0.2) is 6.10 Å². The second-order valence-electron chi connectivity index (χ2n) is 18.8. The molecule has 1 unspecified atom stereocenters. The maximum atomic E-state index is 12.8. The van der Waals surface area contributed by atoms with Crippen molar-refractivity contribution in [3.63, 3.8) is 0 Å². The molecule has 0 aromatic rings. The Balaban J connectivity index is 4.34. The van der Waals surface area contributed by atoms with Gasteiger partial charge in [0.05, 0.1) is 0 Å². The molecule has 0 aromatic carbocycles. The van der Waals surface area contributed by atoms with Gasteiger partial charge in [0.25, 0.3) is 0 Å². The molecule has 71 heavy (non-hydrogen) atoms. The van der Waals surface area contributed by atoms with Crippen molar-refractivity contribution in [1.82, 2.24) is 0 Å². The van der Waals surface area contributed by atoms with E-state index < -0.39 is 6.10 Å². The van der Waals surface area contributed by atoms with E-state index in [1.165, 1.54) is 83.5 Å². The van der Waals surface area contributed by atoms with Gasteiger partial charge in [0.1, 0.15) is 13.2 Å². The maximum Gasteiger partial charge on any atom is 0.306 e. The lowest BCUT2D eigenvalue weighted by Gasteiger charge is -2.18. The summed E-state index contributed by atoms with van der Waals surface area (Å²) >= 11 is 0. The van der Waals surface area contributed by atoms with Gasteiger partial charge >= 0.3 is 17.9 Å². The third-order valence-corrected chi connectivity index (χ3v) is 12.0. The number of allylic oxidation sites excluding steroid dienone is 20. The van der Waals surface area contributed by atoms with Crippen LogP contribution in [-0.4, -0.2) is 37.2 Å². The van der Waals surface area contributed by atoms with E-state index in [1.807, 2.05) is 0 Å². The lowest BCUT2D eigenvalue weighted by atomic mass is 10.1. The molecule has 0 aliphatic rings. The van der Waals surface area contributed by atoms with Crippen LogP contribution in [0.4, 0.5) is 0 Å². The molecular formula is C65H106O6. The zero-order valence-electron chi connectivity index (χ0n) is 45.9. The molecule has 0 fully saturated rings. The smallest absolute Gasteiger partial charge is 0.306 e. The number of carbonyl (C=O) groups is 3. The second kappa shape index (κ2) is 58.4. The quantitative estimate of drug-likeness (QED) is 0.0261. The monoisotopic (exact) mass is 983 g/mol. The van der Waals surface area contributed by atoms with Crippen LogP contribution in [0.25, 0.3) is 0 Å². The Bertz CT molecular complexity index is 1500. The maximum absolute atomic E-state index is 12.8. The van der Waals surface area contributed by atoms with E-state index in [0.717, 1.165) is 122 Å². The van der Waals surface area contributed by atoms with Crippen LogP contribution in [-0.2, 0) is 28.6 Å². The van der Waals surface area contributed by atoms with Crippen molar-refractivity contribution in [2.24, 2.45) is 0 Å². The van der Waals surface area contributed by atoms with Crippen molar-refractivity contribution < 1.29 is 28.6 Å². The Kier molecular flexibility index (Phi) is 54.9. The van der Waals surface area contributed by atoms with E-state index in [2.05, 4.69) is 142 Å². The summed E-state index contributed by atoms with van der Waals surface area (Å²) in [6, 6.07) is 0. The fraction of sp³-hybridized carbons (Fsp3) is 0.646. The van der Waals surface area contributed by atoms with Crippen LogP contribution < -0.4 is 0 Å². The largest absolute Gasteiger partial charge is 0.462 e. The molecule has 6 heteroatoms. The number of esters is 3. The van der Waals surface area contributed by atoms with Gasteiger partial charge in [-0.25, -0.2) is 0 Å². The van der Waals surface area contributed by atoms with Gasteiger partial charge in [-0.05, 0) is 109 Å². The molecule has 0 bridgehead atoms. The van der Waals surface area contributed by atoms with E-state index in [1.54, 1.807) is 0 Å². The zero-order valence-corrected chi connectivity index (χ0v) is 45.9. The molecule has 0 rings (SSSR count). The topological polar surface area (TPSA) is 78.9 Å². The van der Waals surface area contributed by atoms with Gasteiger partial charge in [-0.1, -0.05) is 245 Å². The summed E-state index contributed by atoms with van der Waals surface area (Å²) in [6.45, 7) is 6.36. The fourth-order valence-corrected chi connectivity index (χ4v) is 7.67. The van der Waals surface area contributed by atoms with Crippen molar-refractivity contribution in [2.75, 3.05) is 13.2 Å². The minimum absolute atomic E-state index is 0.0980. The average molecular weight is 984 g/mol. The second-order valence-corrected chi connectivity index (χ2v) is 18.8. The van der Waals surface area contributed by atoms with Gasteiger partial charge in [0.2, 0.25) is 0 Å². The Hall–Kier alpha value is -4.19. The third-order valence-electron chi connectivity index (χ3n) is 12.0. The lowest BCUT2D eigenvalue weighted by molar-refractivity contribution is -0.167. The number of carbonyl (C=O) groups excluding carboxylic acids is 3. The first-order valence-corrected chi connectivity index (χ1v) is 29.0. The Morgan fingerprint density at radius 1 is 0.296 bits per heavy atom. The van der Waals surface area contributed by atoms with Gasteiger partial charge in [-0.3, -0.25) is 14.4 Å². The van der Waals surface area contributed by atoms with E-state index in [9.17, 15) is 14.4 Å². The highest BCUT2D eigenvalue weighted by atomic mass is 16.6. The van der Waals surface area contributed by atoms with Crippen LogP contribution in [0.2, 0.25) is 0 Å². The van der Waals surface area contributed by atoms with Gasteiger partial charge in [0, 0.05) is 19.3 Å². The number of ether oxygens (including phenoxy) is 3. The summed E-state index contributed by atoms with van der Waals surface area (Å²) < 4.78 is 16.8. The van der Waals surface area contributed by atoms with Crippen LogP contribution in [0.5, 0.6) is 0 Å². The summed E-state index contributed by atoms with van der Waals surface area (Å²) in [4.78, 5) is 38.1. The number of unbranched alkanes of at least 4 members (excludes halogenated alkanes) is 20. The molecular weight excluding hydrogens is 877 g/mol. The normalized spacial score (nSPS) is 13.0. The van der Waals surface area contributed by atoms with Crippen LogP contribution in [0.15, 0.2) is 122 Å². The van der Waals surface area contributed by atoms with Crippen LogP contribution in [0, 0.1) is 0 Å². The molecule has 0 aromatic heterocycles. The van der Waals surface area contributed by atoms with Crippen LogP contribution in [0.3, 0.4) is 0 Å². The summed E-state index contributed by atoms with van der Waals surface area (Å²) in [5.74, 6) is -0.951. The number of hydrogen-bond donors (Lipinski definition) is 0. The Morgan fingerprint density at radius 2 is 0.549 bits per heavy atom. The predicted octanol–water partition coefficient (Wildman–Crippen LogP) is 19.6. The summed E-state index contributed by atoms with van der Waals surface area (Å²) in [7, 11) is 0. The van der Waals surface area contributed by atoms with Crippen LogP contribution >= 0.6 is 0 Å². The summed E-state index contributed by atoms with van der Waals surface area (Å²) in [5.41, 5.74) is 0. The molecule has 0 spiro atoms. The number of rotatable bonds is 51. The molecule has 0 heterocycles. The molecule has 0 radical (unpaired) electrons. The fourth-order valence-electron chi connectivity index (χ4n) is 7.67. The predicted molar refractivity (Wildman–Crippen MR) is 306 cm³/mol. The average Bonchev–Trinajstić information content (AvgIpc) is 3.37. The van der Waals surface area contributed by atoms with E-state index >= 15 is 0 Å². The summed E-state index contributed by atoms with van der Waals surface area (Å²) in [5, 5.41) is 0. The highest BCUT2D eigenvalue weighted by Crippen LogP contribution is 2.14. The first kappa shape index (κ1) is 66.8. The van der Waals surface area contributed by atoms with Crippen molar-refractivity contribution in [1.29, 1.82) is 0 Å². The molecule has 0 aliphatic heterocycles. The van der Waals surface area contributed by atoms with E-state index in [0.29, 0.717) is 19.3 Å². The zero-order chi connectivity index (χ0) is 51.4. The third kappa shape index (κ3) is 56.6. The Morgan fingerprint density at radius 3 is 0.887 bits per heavy atom. The molecule has 0 aliphatic carbocycles. The first-order chi connectivity index (χ1) is 35.0. The molecule has 0 N–H and O–H groups in total. The molecule has 1 atom stereocenters. The highest BCUT2D eigenvalue weighted by Gasteiger charge is 2.19. The molecule has 402 valence electrons. The van der Waals surface area contributed by atoms with Gasteiger partial charge in [-0.15, -0.1) is 0 Å². The van der Waals surface area contributed by atoms with Crippen molar-refractivity contribution in [2.45, 2.75) is 258 Å². The van der Waals surface area contributed by atoms with E-state index in [4.69, 9.17) is 14.2 Å². The Labute approximate surface area is 437 Å². The lowest BCUT2D eigenvalue weighted by Crippen LogP contribution is -2.30.